The molecular weight excluding hydrogens is 418 g/mol. The molecule has 1 aromatic carbocycles. The first-order valence-electron chi connectivity index (χ1n) is 11.1. The van der Waals surface area contributed by atoms with Crippen LogP contribution in [0.5, 0.6) is 17.4 Å². The van der Waals surface area contributed by atoms with E-state index in [2.05, 4.69) is 45.3 Å². The van der Waals surface area contributed by atoms with Gasteiger partial charge in [0.2, 0.25) is 5.88 Å². The van der Waals surface area contributed by atoms with E-state index in [4.69, 9.17) is 14.2 Å². The van der Waals surface area contributed by atoms with Crippen molar-refractivity contribution in [3.8, 4) is 17.4 Å². The van der Waals surface area contributed by atoms with E-state index >= 15 is 0 Å². The topological polar surface area (TPSA) is 64.9 Å². The molecule has 33 heavy (non-hydrogen) atoms. The maximum absolute atomic E-state index is 6.61. The summed E-state index contributed by atoms with van der Waals surface area (Å²) in [6.45, 7) is 2.79. The number of nitrogens with zero attached hydrogens (tertiary/aromatic N) is 5. The third kappa shape index (κ3) is 4.33. The zero-order valence-electron chi connectivity index (χ0n) is 19.4. The molecule has 172 valence electrons. The molecule has 0 amide bonds. The Balaban J connectivity index is 1.41. The van der Waals surface area contributed by atoms with Crippen molar-refractivity contribution in [2.75, 3.05) is 30.7 Å². The van der Waals surface area contributed by atoms with Crippen LogP contribution in [-0.4, -0.2) is 35.7 Å². The first-order chi connectivity index (χ1) is 16.1. The van der Waals surface area contributed by atoms with Gasteiger partial charge >= 0.3 is 0 Å². The van der Waals surface area contributed by atoms with Crippen LogP contribution in [-0.2, 0) is 7.05 Å². The summed E-state index contributed by atoms with van der Waals surface area (Å²) in [7, 11) is 5.23. The predicted octanol–water partition coefficient (Wildman–Crippen LogP) is 4.43. The number of pyridine rings is 1. The van der Waals surface area contributed by atoms with E-state index in [1.165, 1.54) is 0 Å². The van der Waals surface area contributed by atoms with Crippen LogP contribution in [0.25, 0.3) is 0 Å². The zero-order valence-corrected chi connectivity index (χ0v) is 19.4. The monoisotopic (exact) mass is 447 g/mol. The molecule has 1 saturated carbocycles. The average molecular weight is 448 g/mol. The van der Waals surface area contributed by atoms with Crippen LogP contribution in [0.3, 0.4) is 0 Å². The fourth-order valence-electron chi connectivity index (χ4n) is 4.17. The molecule has 0 N–H and O–H groups in total. The van der Waals surface area contributed by atoms with Crippen LogP contribution >= 0.6 is 0 Å². The van der Waals surface area contributed by atoms with Gasteiger partial charge in [-0.3, -0.25) is 4.68 Å². The van der Waals surface area contributed by atoms with Crippen LogP contribution in [0.4, 0.5) is 11.4 Å². The fraction of sp³-hybridized carbons (Fsp3) is 0.360. The van der Waals surface area contributed by atoms with Gasteiger partial charge in [0.1, 0.15) is 6.10 Å². The SMILES string of the molecule is COc1ccc(C(Oc2cc(N3C=CN(c4cnn(C)c4)C3)c(C)cc2OC)C2CC2)cn1. The molecule has 1 fully saturated rings. The first kappa shape index (κ1) is 21.2. The molecule has 5 rings (SSSR count). The molecular formula is C25H29N5O3. The van der Waals surface area contributed by atoms with Gasteiger partial charge in [-0.15, -0.1) is 0 Å². The Bertz CT molecular complexity index is 1150. The minimum atomic E-state index is -0.0751. The second kappa shape index (κ2) is 8.69. The Hall–Kier alpha value is -3.68. The quantitative estimate of drug-likeness (QED) is 0.506. The van der Waals surface area contributed by atoms with Crippen molar-refractivity contribution in [1.29, 1.82) is 0 Å². The number of rotatable bonds is 8. The highest BCUT2D eigenvalue weighted by Gasteiger charge is 2.35. The average Bonchev–Trinajstić information content (AvgIpc) is 3.39. The molecule has 1 aliphatic carbocycles. The molecule has 0 radical (unpaired) electrons. The van der Waals surface area contributed by atoms with Crippen LogP contribution in [0.15, 0.2) is 55.3 Å². The second-order valence-corrected chi connectivity index (χ2v) is 8.55. The number of hydrogen-bond acceptors (Lipinski definition) is 7. The molecule has 8 nitrogen and oxygen atoms in total. The minimum absolute atomic E-state index is 0.0751. The number of ether oxygens (including phenoxy) is 3. The van der Waals surface area contributed by atoms with Crippen molar-refractivity contribution in [3.63, 3.8) is 0 Å². The summed E-state index contributed by atoms with van der Waals surface area (Å²) < 4.78 is 19.3. The zero-order chi connectivity index (χ0) is 22.9. The molecule has 8 heteroatoms. The summed E-state index contributed by atoms with van der Waals surface area (Å²) >= 11 is 0. The maximum Gasteiger partial charge on any atom is 0.212 e. The Kier molecular flexibility index (Phi) is 5.58. The highest BCUT2D eigenvalue weighted by molar-refractivity contribution is 5.66. The molecule has 2 aliphatic rings. The number of methoxy groups -OCH3 is 2. The summed E-state index contributed by atoms with van der Waals surface area (Å²) in [5.41, 5.74) is 4.30. The third-order valence-electron chi connectivity index (χ3n) is 6.15. The lowest BCUT2D eigenvalue weighted by Crippen LogP contribution is -2.25. The molecule has 3 heterocycles. The number of hydrogen-bond donors (Lipinski definition) is 0. The lowest BCUT2D eigenvalue weighted by atomic mass is 10.1. The largest absolute Gasteiger partial charge is 0.493 e. The Morgan fingerprint density at radius 3 is 2.45 bits per heavy atom. The Morgan fingerprint density at radius 2 is 1.82 bits per heavy atom. The standard InChI is InChI=1S/C25H29N5O3/c1-17-11-22(31-3)23(33-25(18-5-6-18)19-7-8-24(32-4)26-13-19)12-21(17)30-10-9-29(16-30)20-14-27-28(2)15-20/h7-15,18,25H,5-6,16H2,1-4H3. The van der Waals surface area contributed by atoms with Gasteiger partial charge in [0, 0.05) is 61.1 Å². The summed E-state index contributed by atoms with van der Waals surface area (Å²) in [6, 6.07) is 8.04. The highest BCUT2D eigenvalue weighted by Crippen LogP contribution is 2.46. The third-order valence-corrected chi connectivity index (χ3v) is 6.15. The first-order valence-corrected chi connectivity index (χ1v) is 11.1. The van der Waals surface area contributed by atoms with Crippen LogP contribution in [0.1, 0.15) is 30.1 Å². The fourth-order valence-corrected chi connectivity index (χ4v) is 4.17. The molecule has 0 bridgehead atoms. The number of anilines is 2. The minimum Gasteiger partial charge on any atom is -0.493 e. The van der Waals surface area contributed by atoms with E-state index in [1.54, 1.807) is 14.2 Å². The highest BCUT2D eigenvalue weighted by atomic mass is 16.5. The summed E-state index contributed by atoms with van der Waals surface area (Å²) in [6.07, 6.45) is 12.1. The van der Waals surface area contributed by atoms with Crippen molar-refractivity contribution in [3.05, 3.63) is 66.4 Å². The lowest BCUT2D eigenvalue weighted by molar-refractivity contribution is 0.173. The Labute approximate surface area is 194 Å². The van der Waals surface area contributed by atoms with E-state index in [1.807, 2.05) is 48.5 Å². The van der Waals surface area contributed by atoms with Gasteiger partial charge in [0.15, 0.2) is 11.5 Å². The van der Waals surface area contributed by atoms with E-state index < -0.39 is 0 Å². The number of aromatic nitrogens is 3. The molecule has 1 unspecified atom stereocenters. The molecule has 1 aliphatic heterocycles. The van der Waals surface area contributed by atoms with Crippen molar-refractivity contribution < 1.29 is 14.2 Å². The molecule has 0 spiro atoms. The van der Waals surface area contributed by atoms with E-state index in [0.29, 0.717) is 18.5 Å². The lowest BCUT2D eigenvalue weighted by Gasteiger charge is -2.25. The van der Waals surface area contributed by atoms with Gasteiger partial charge in [-0.05, 0) is 37.5 Å². The summed E-state index contributed by atoms with van der Waals surface area (Å²) in [5, 5.41) is 4.28. The van der Waals surface area contributed by atoms with Gasteiger partial charge in [-0.2, -0.15) is 5.10 Å². The molecule has 0 saturated heterocycles. The number of aryl methyl sites for hydroxylation is 2. The van der Waals surface area contributed by atoms with Gasteiger partial charge in [-0.1, -0.05) is 0 Å². The van der Waals surface area contributed by atoms with Crippen LogP contribution < -0.4 is 24.0 Å². The molecule has 3 aromatic rings. The molecule has 1 atom stereocenters. The van der Waals surface area contributed by atoms with Crippen molar-refractivity contribution in [2.45, 2.75) is 25.9 Å². The second-order valence-electron chi connectivity index (χ2n) is 8.55. The van der Waals surface area contributed by atoms with E-state index in [-0.39, 0.29) is 6.10 Å². The van der Waals surface area contributed by atoms with Gasteiger partial charge in [0.05, 0.1) is 32.8 Å². The van der Waals surface area contributed by atoms with Crippen LogP contribution in [0.2, 0.25) is 0 Å². The predicted molar refractivity (Wildman–Crippen MR) is 127 cm³/mol. The Morgan fingerprint density at radius 1 is 1.00 bits per heavy atom. The van der Waals surface area contributed by atoms with Crippen molar-refractivity contribution >= 4 is 11.4 Å². The van der Waals surface area contributed by atoms with Gasteiger partial charge < -0.3 is 24.0 Å². The summed E-state index contributed by atoms with van der Waals surface area (Å²) in [5.74, 6) is 2.54. The normalized spacial score (nSPS) is 16.2. The van der Waals surface area contributed by atoms with E-state index in [0.717, 1.165) is 46.8 Å². The summed E-state index contributed by atoms with van der Waals surface area (Å²) in [4.78, 5) is 8.75. The van der Waals surface area contributed by atoms with E-state index in [9.17, 15) is 0 Å². The van der Waals surface area contributed by atoms with Gasteiger partial charge in [0.25, 0.3) is 0 Å². The maximum atomic E-state index is 6.61. The van der Waals surface area contributed by atoms with Crippen LogP contribution in [0, 0.1) is 12.8 Å². The smallest absolute Gasteiger partial charge is 0.212 e. The van der Waals surface area contributed by atoms with Crippen molar-refractivity contribution in [2.24, 2.45) is 13.0 Å². The number of benzene rings is 1. The van der Waals surface area contributed by atoms with Crippen molar-refractivity contribution in [1.82, 2.24) is 14.8 Å². The van der Waals surface area contributed by atoms with Gasteiger partial charge in [-0.25, -0.2) is 4.98 Å². The molecule has 2 aromatic heterocycles.